The second-order valence-electron chi connectivity index (χ2n) is 5.52. The number of benzene rings is 1. The van der Waals surface area contributed by atoms with E-state index < -0.39 is 5.54 Å². The van der Waals surface area contributed by atoms with Gasteiger partial charge in [0.2, 0.25) is 5.91 Å². The van der Waals surface area contributed by atoms with Gasteiger partial charge in [-0.1, -0.05) is 25.1 Å². The van der Waals surface area contributed by atoms with Crippen molar-refractivity contribution in [2.75, 3.05) is 6.54 Å². The third-order valence-electron chi connectivity index (χ3n) is 4.33. The van der Waals surface area contributed by atoms with E-state index in [4.69, 9.17) is 5.73 Å². The van der Waals surface area contributed by atoms with Crippen LogP contribution in [0.25, 0.3) is 10.9 Å². The van der Waals surface area contributed by atoms with Crippen molar-refractivity contribution in [2.24, 2.45) is 5.73 Å². The van der Waals surface area contributed by atoms with Crippen LogP contribution in [0, 0.1) is 0 Å². The van der Waals surface area contributed by atoms with Gasteiger partial charge in [0.25, 0.3) is 0 Å². The van der Waals surface area contributed by atoms with Crippen molar-refractivity contribution < 1.29 is 4.79 Å². The predicted octanol–water partition coefficient (Wildman–Crippen LogP) is 1.59. The second kappa shape index (κ2) is 4.90. The normalized spacial score (nSPS) is 26.1. The van der Waals surface area contributed by atoms with Gasteiger partial charge in [-0.2, -0.15) is 5.10 Å². The Bertz CT molecular complexity index is 636. The first-order valence-corrected chi connectivity index (χ1v) is 7.13. The van der Waals surface area contributed by atoms with Crippen LogP contribution in [0.3, 0.4) is 0 Å². The van der Waals surface area contributed by atoms with Gasteiger partial charge in [0.05, 0.1) is 23.3 Å². The minimum Gasteiger partial charge on any atom is -0.368 e. The maximum absolute atomic E-state index is 11.8. The zero-order valence-electron chi connectivity index (χ0n) is 11.7. The molecule has 1 saturated carbocycles. The van der Waals surface area contributed by atoms with E-state index >= 15 is 0 Å². The number of hydrogen-bond acceptors (Lipinski definition) is 3. The van der Waals surface area contributed by atoms with Crippen LogP contribution >= 0.6 is 0 Å². The summed E-state index contributed by atoms with van der Waals surface area (Å²) in [5.41, 5.74) is 6.16. The highest BCUT2D eigenvalue weighted by Crippen LogP contribution is 2.38. The molecule has 1 fully saturated rings. The Labute approximate surface area is 118 Å². The van der Waals surface area contributed by atoms with Gasteiger partial charge in [-0.25, -0.2) is 0 Å². The van der Waals surface area contributed by atoms with Crippen molar-refractivity contribution in [1.82, 2.24) is 15.1 Å². The van der Waals surface area contributed by atoms with Gasteiger partial charge < -0.3 is 11.1 Å². The highest BCUT2D eigenvalue weighted by Gasteiger charge is 2.44. The lowest BCUT2D eigenvalue weighted by molar-refractivity contribution is -0.124. The molecule has 3 N–H and O–H groups in total. The minimum absolute atomic E-state index is 0.224. The zero-order valence-corrected chi connectivity index (χ0v) is 11.7. The number of para-hydroxylation sites is 1. The summed E-state index contributed by atoms with van der Waals surface area (Å²) < 4.78 is 2.04. The Balaban J connectivity index is 1.92. The molecule has 0 bridgehead atoms. The largest absolute Gasteiger partial charge is 0.368 e. The molecule has 2 atom stereocenters. The Morgan fingerprint density at radius 3 is 3.10 bits per heavy atom. The molecule has 1 aliphatic rings. The van der Waals surface area contributed by atoms with Crippen LogP contribution in [0.1, 0.15) is 32.2 Å². The molecule has 1 aromatic carbocycles. The van der Waals surface area contributed by atoms with Crippen molar-refractivity contribution in [1.29, 1.82) is 0 Å². The van der Waals surface area contributed by atoms with E-state index in [0.717, 1.165) is 30.3 Å². The molecule has 5 nitrogen and oxygen atoms in total. The predicted molar refractivity (Wildman–Crippen MR) is 78.2 cm³/mol. The van der Waals surface area contributed by atoms with Gasteiger partial charge in [0.15, 0.2) is 0 Å². The summed E-state index contributed by atoms with van der Waals surface area (Å²) in [6.07, 6.45) is 4.28. The number of rotatable bonds is 4. The van der Waals surface area contributed by atoms with Gasteiger partial charge in [-0.3, -0.25) is 9.48 Å². The summed E-state index contributed by atoms with van der Waals surface area (Å²) in [5.74, 6) is -0.252. The van der Waals surface area contributed by atoms with Crippen LogP contribution in [0.15, 0.2) is 30.5 Å². The van der Waals surface area contributed by atoms with Crippen molar-refractivity contribution in [3.8, 4) is 0 Å². The molecular weight excluding hydrogens is 252 g/mol. The summed E-state index contributed by atoms with van der Waals surface area (Å²) in [5, 5.41) is 8.91. The average molecular weight is 272 g/mol. The number of aromatic nitrogens is 2. The number of primary amides is 1. The van der Waals surface area contributed by atoms with Gasteiger partial charge in [-0.05, 0) is 31.9 Å². The maximum Gasteiger partial charge on any atom is 0.237 e. The molecule has 0 aliphatic heterocycles. The number of carbonyl (C=O) groups excluding carboxylic acids is 1. The van der Waals surface area contributed by atoms with Crippen molar-refractivity contribution in [3.05, 3.63) is 30.5 Å². The fraction of sp³-hybridized carbons (Fsp3) is 0.467. The van der Waals surface area contributed by atoms with Gasteiger partial charge >= 0.3 is 0 Å². The number of nitrogens with zero attached hydrogens (tertiary/aromatic N) is 2. The first-order chi connectivity index (χ1) is 9.66. The second-order valence-corrected chi connectivity index (χ2v) is 5.52. The lowest BCUT2D eigenvalue weighted by Crippen LogP contribution is -2.53. The van der Waals surface area contributed by atoms with E-state index in [9.17, 15) is 4.79 Å². The Morgan fingerprint density at radius 2 is 2.35 bits per heavy atom. The number of nitrogens with one attached hydrogen (secondary N) is 1. The average Bonchev–Trinajstić information content (AvgIpc) is 3.03. The summed E-state index contributed by atoms with van der Waals surface area (Å²) in [4.78, 5) is 11.8. The Hall–Kier alpha value is -1.88. The van der Waals surface area contributed by atoms with E-state index in [1.165, 1.54) is 0 Å². The molecule has 1 amide bonds. The highest BCUT2D eigenvalue weighted by molar-refractivity contribution is 5.85. The zero-order chi connectivity index (χ0) is 14.2. The van der Waals surface area contributed by atoms with Crippen LogP contribution in [0.5, 0.6) is 0 Å². The van der Waals surface area contributed by atoms with Gasteiger partial charge in [-0.15, -0.1) is 0 Å². The minimum atomic E-state index is -0.577. The molecule has 1 heterocycles. The van der Waals surface area contributed by atoms with E-state index in [0.29, 0.717) is 6.42 Å². The maximum atomic E-state index is 11.8. The molecule has 20 heavy (non-hydrogen) atoms. The lowest BCUT2D eigenvalue weighted by Gasteiger charge is -2.26. The summed E-state index contributed by atoms with van der Waals surface area (Å²) >= 11 is 0. The van der Waals surface area contributed by atoms with Crippen LogP contribution in [0.4, 0.5) is 0 Å². The van der Waals surface area contributed by atoms with E-state index in [1.54, 1.807) is 0 Å². The first kappa shape index (κ1) is 13.1. The van der Waals surface area contributed by atoms with Gasteiger partial charge in [0, 0.05) is 5.39 Å². The molecule has 1 aliphatic carbocycles. The molecule has 5 heteroatoms. The van der Waals surface area contributed by atoms with Crippen LogP contribution in [-0.4, -0.2) is 27.8 Å². The molecule has 2 unspecified atom stereocenters. The number of carbonyl (C=O) groups is 1. The van der Waals surface area contributed by atoms with Crippen LogP contribution < -0.4 is 11.1 Å². The third kappa shape index (κ3) is 1.98. The number of nitrogens with two attached hydrogens (primary N) is 1. The van der Waals surface area contributed by atoms with Crippen molar-refractivity contribution >= 4 is 16.8 Å². The summed E-state index contributed by atoms with van der Waals surface area (Å²) in [6.45, 7) is 2.75. The molecule has 0 saturated heterocycles. The highest BCUT2D eigenvalue weighted by atomic mass is 16.1. The topological polar surface area (TPSA) is 72.9 Å². The standard InChI is InChI=1S/C15H20N4O/c1-2-17-15(14(16)20)8-7-12(9-15)19-13-6-4-3-5-11(13)10-18-19/h3-6,10,12,17H,2,7-9H2,1H3,(H2,16,20). The Morgan fingerprint density at radius 1 is 1.55 bits per heavy atom. The van der Waals surface area contributed by atoms with Crippen molar-refractivity contribution in [2.45, 2.75) is 37.8 Å². The molecule has 0 spiro atoms. The van der Waals surface area contributed by atoms with Crippen LogP contribution in [-0.2, 0) is 4.79 Å². The molecule has 3 rings (SSSR count). The monoisotopic (exact) mass is 272 g/mol. The van der Waals surface area contributed by atoms with E-state index in [-0.39, 0.29) is 11.9 Å². The fourth-order valence-electron chi connectivity index (χ4n) is 3.32. The number of fused-ring (bicyclic) bond motifs is 1. The Kier molecular flexibility index (Phi) is 3.22. The SMILES string of the molecule is CCNC1(C(N)=O)CCC(n2ncc3ccccc32)C1. The smallest absolute Gasteiger partial charge is 0.237 e. The summed E-state index contributed by atoms with van der Waals surface area (Å²) in [7, 11) is 0. The van der Waals surface area contributed by atoms with Gasteiger partial charge in [0.1, 0.15) is 0 Å². The van der Waals surface area contributed by atoms with Crippen molar-refractivity contribution in [3.63, 3.8) is 0 Å². The quantitative estimate of drug-likeness (QED) is 0.887. The molecule has 0 radical (unpaired) electrons. The third-order valence-corrected chi connectivity index (χ3v) is 4.33. The van der Waals surface area contributed by atoms with Crippen LogP contribution in [0.2, 0.25) is 0 Å². The lowest BCUT2D eigenvalue weighted by atomic mass is 9.96. The van der Waals surface area contributed by atoms with E-state index in [1.807, 2.05) is 29.9 Å². The molecular formula is C15H20N4O. The number of hydrogen-bond donors (Lipinski definition) is 2. The first-order valence-electron chi connectivity index (χ1n) is 7.13. The van der Waals surface area contributed by atoms with E-state index in [2.05, 4.69) is 22.5 Å². The number of likely N-dealkylation sites (N-methyl/N-ethyl adjacent to an activating group) is 1. The molecule has 1 aromatic heterocycles. The fourth-order valence-corrected chi connectivity index (χ4v) is 3.32. The summed E-state index contributed by atoms with van der Waals surface area (Å²) in [6, 6.07) is 8.37. The molecule has 2 aromatic rings. The molecule has 106 valence electrons. The number of amides is 1.